The molecule has 2 nitrogen and oxygen atoms in total. The molecule has 0 aliphatic rings. The SMILES string of the molecule is CC(N)Cc1ccco1. The summed E-state index contributed by atoms with van der Waals surface area (Å²) in [4.78, 5) is 0. The summed E-state index contributed by atoms with van der Waals surface area (Å²) in [6.07, 6.45) is 2.49. The highest BCUT2D eigenvalue weighted by molar-refractivity contribution is 4.99. The summed E-state index contributed by atoms with van der Waals surface area (Å²) in [7, 11) is 0. The van der Waals surface area contributed by atoms with Gasteiger partial charge in [-0.05, 0) is 19.1 Å². The van der Waals surface area contributed by atoms with Crippen molar-refractivity contribution in [3.8, 4) is 0 Å². The van der Waals surface area contributed by atoms with Gasteiger partial charge in [0.15, 0.2) is 0 Å². The molecule has 1 atom stereocenters. The van der Waals surface area contributed by atoms with Gasteiger partial charge in [-0.2, -0.15) is 0 Å². The van der Waals surface area contributed by atoms with Gasteiger partial charge < -0.3 is 10.2 Å². The van der Waals surface area contributed by atoms with Crippen LogP contribution < -0.4 is 5.73 Å². The van der Waals surface area contributed by atoms with Crippen LogP contribution in [-0.4, -0.2) is 6.04 Å². The lowest BCUT2D eigenvalue weighted by Crippen LogP contribution is -2.17. The molecule has 0 fully saturated rings. The first-order chi connectivity index (χ1) is 4.29. The average Bonchev–Trinajstić information content (AvgIpc) is 2.15. The Morgan fingerprint density at radius 3 is 3.00 bits per heavy atom. The van der Waals surface area contributed by atoms with E-state index in [1.54, 1.807) is 6.26 Å². The second kappa shape index (κ2) is 2.69. The topological polar surface area (TPSA) is 39.2 Å². The van der Waals surface area contributed by atoms with Gasteiger partial charge >= 0.3 is 0 Å². The summed E-state index contributed by atoms with van der Waals surface area (Å²) in [5.74, 6) is 0.963. The summed E-state index contributed by atoms with van der Waals surface area (Å²) in [6, 6.07) is 4.00. The minimum absolute atomic E-state index is 0.191. The highest BCUT2D eigenvalue weighted by Gasteiger charge is 1.97. The van der Waals surface area contributed by atoms with E-state index in [1.807, 2.05) is 19.1 Å². The standard InChI is InChI=1S/C7H11NO/c1-6(8)5-7-3-2-4-9-7/h2-4,6H,5,8H2,1H3. The normalized spacial score (nSPS) is 13.6. The molecular formula is C7H11NO. The van der Waals surface area contributed by atoms with E-state index in [9.17, 15) is 0 Å². The van der Waals surface area contributed by atoms with Crippen LogP contribution >= 0.6 is 0 Å². The molecule has 1 heterocycles. The summed E-state index contributed by atoms with van der Waals surface area (Å²) in [5, 5.41) is 0. The zero-order valence-corrected chi connectivity index (χ0v) is 5.50. The minimum Gasteiger partial charge on any atom is -0.469 e. The summed E-state index contributed by atoms with van der Waals surface area (Å²) in [5.41, 5.74) is 5.52. The van der Waals surface area contributed by atoms with Crippen molar-refractivity contribution in [3.63, 3.8) is 0 Å². The number of hydrogen-bond acceptors (Lipinski definition) is 2. The van der Waals surface area contributed by atoms with E-state index in [2.05, 4.69) is 0 Å². The van der Waals surface area contributed by atoms with Crippen LogP contribution in [0.1, 0.15) is 12.7 Å². The van der Waals surface area contributed by atoms with Crippen molar-refractivity contribution in [1.82, 2.24) is 0 Å². The van der Waals surface area contributed by atoms with Gasteiger partial charge in [-0.25, -0.2) is 0 Å². The Morgan fingerprint density at radius 2 is 2.56 bits per heavy atom. The van der Waals surface area contributed by atoms with Gasteiger partial charge in [-0.1, -0.05) is 0 Å². The lowest BCUT2D eigenvalue weighted by Gasteiger charge is -1.98. The average molecular weight is 125 g/mol. The van der Waals surface area contributed by atoms with Crippen LogP contribution in [0.25, 0.3) is 0 Å². The number of hydrogen-bond donors (Lipinski definition) is 1. The predicted octanol–water partition coefficient (Wildman–Crippen LogP) is 1.17. The van der Waals surface area contributed by atoms with Gasteiger partial charge in [0.05, 0.1) is 6.26 Å². The minimum atomic E-state index is 0.191. The van der Waals surface area contributed by atoms with Crippen molar-refractivity contribution in [2.75, 3.05) is 0 Å². The summed E-state index contributed by atoms with van der Waals surface area (Å²) in [6.45, 7) is 1.96. The van der Waals surface area contributed by atoms with Crippen LogP contribution in [-0.2, 0) is 6.42 Å². The zero-order chi connectivity index (χ0) is 6.69. The molecule has 0 saturated carbocycles. The zero-order valence-electron chi connectivity index (χ0n) is 5.50. The van der Waals surface area contributed by atoms with E-state index in [0.717, 1.165) is 12.2 Å². The molecule has 50 valence electrons. The molecule has 0 saturated heterocycles. The van der Waals surface area contributed by atoms with Gasteiger partial charge in [-0.15, -0.1) is 0 Å². The summed E-state index contributed by atoms with van der Waals surface area (Å²) >= 11 is 0. The lowest BCUT2D eigenvalue weighted by atomic mass is 10.2. The molecule has 2 heteroatoms. The van der Waals surface area contributed by atoms with Crippen LogP contribution in [0.15, 0.2) is 22.8 Å². The van der Waals surface area contributed by atoms with Crippen LogP contribution in [0, 0.1) is 0 Å². The Hall–Kier alpha value is -0.760. The van der Waals surface area contributed by atoms with Crippen molar-refractivity contribution < 1.29 is 4.42 Å². The maximum absolute atomic E-state index is 5.52. The van der Waals surface area contributed by atoms with Crippen LogP contribution in [0.2, 0.25) is 0 Å². The quantitative estimate of drug-likeness (QED) is 0.644. The molecule has 1 aromatic heterocycles. The smallest absolute Gasteiger partial charge is 0.105 e. The van der Waals surface area contributed by atoms with Gasteiger partial charge in [0.25, 0.3) is 0 Å². The van der Waals surface area contributed by atoms with E-state index in [-0.39, 0.29) is 6.04 Å². The molecule has 1 rings (SSSR count). The third kappa shape index (κ3) is 1.90. The fraction of sp³-hybridized carbons (Fsp3) is 0.429. The Kier molecular flexibility index (Phi) is 1.90. The van der Waals surface area contributed by atoms with E-state index < -0.39 is 0 Å². The highest BCUT2D eigenvalue weighted by atomic mass is 16.3. The first-order valence-corrected chi connectivity index (χ1v) is 3.07. The van der Waals surface area contributed by atoms with Crippen molar-refractivity contribution >= 4 is 0 Å². The third-order valence-corrected chi connectivity index (χ3v) is 1.10. The van der Waals surface area contributed by atoms with E-state index in [4.69, 9.17) is 10.2 Å². The second-order valence-corrected chi connectivity index (χ2v) is 2.26. The van der Waals surface area contributed by atoms with Gasteiger partial charge in [-0.3, -0.25) is 0 Å². The van der Waals surface area contributed by atoms with Gasteiger partial charge in [0.2, 0.25) is 0 Å². The van der Waals surface area contributed by atoms with Crippen molar-refractivity contribution in [3.05, 3.63) is 24.2 Å². The molecule has 0 aliphatic heterocycles. The van der Waals surface area contributed by atoms with Crippen molar-refractivity contribution in [2.45, 2.75) is 19.4 Å². The maximum atomic E-state index is 5.52. The third-order valence-electron chi connectivity index (χ3n) is 1.10. The molecule has 0 aliphatic carbocycles. The Labute approximate surface area is 54.7 Å². The molecule has 0 amide bonds. The molecule has 1 unspecified atom stereocenters. The van der Waals surface area contributed by atoms with E-state index in [1.165, 1.54) is 0 Å². The highest BCUT2D eigenvalue weighted by Crippen LogP contribution is 2.01. The number of rotatable bonds is 2. The second-order valence-electron chi connectivity index (χ2n) is 2.26. The monoisotopic (exact) mass is 125 g/mol. The maximum Gasteiger partial charge on any atom is 0.105 e. The van der Waals surface area contributed by atoms with Gasteiger partial charge in [0.1, 0.15) is 5.76 Å². The first kappa shape index (κ1) is 6.36. The molecular weight excluding hydrogens is 114 g/mol. The number of nitrogens with two attached hydrogens (primary N) is 1. The molecule has 1 aromatic rings. The Bertz CT molecular complexity index is 155. The van der Waals surface area contributed by atoms with Crippen LogP contribution in [0.5, 0.6) is 0 Å². The largest absolute Gasteiger partial charge is 0.469 e. The van der Waals surface area contributed by atoms with Crippen LogP contribution in [0.3, 0.4) is 0 Å². The Morgan fingerprint density at radius 1 is 1.78 bits per heavy atom. The molecule has 0 spiro atoms. The van der Waals surface area contributed by atoms with E-state index >= 15 is 0 Å². The van der Waals surface area contributed by atoms with Crippen molar-refractivity contribution in [1.29, 1.82) is 0 Å². The van der Waals surface area contributed by atoms with Crippen LogP contribution in [0.4, 0.5) is 0 Å². The van der Waals surface area contributed by atoms with E-state index in [0.29, 0.717) is 0 Å². The molecule has 0 bridgehead atoms. The van der Waals surface area contributed by atoms with Crippen molar-refractivity contribution in [2.24, 2.45) is 5.73 Å². The summed E-state index contributed by atoms with van der Waals surface area (Å²) < 4.78 is 5.06. The molecule has 9 heavy (non-hydrogen) atoms. The van der Waals surface area contributed by atoms with Gasteiger partial charge in [0, 0.05) is 12.5 Å². The molecule has 2 N–H and O–H groups in total. The first-order valence-electron chi connectivity index (χ1n) is 3.07. The number of furan rings is 1. The lowest BCUT2D eigenvalue weighted by molar-refractivity contribution is 0.492. The fourth-order valence-electron chi connectivity index (χ4n) is 0.746. The Balaban J connectivity index is 2.48. The fourth-order valence-corrected chi connectivity index (χ4v) is 0.746. The molecule has 0 aromatic carbocycles. The predicted molar refractivity (Wildman–Crippen MR) is 36.1 cm³/mol. The molecule has 0 radical (unpaired) electrons.